The predicted molar refractivity (Wildman–Crippen MR) is 59.6 cm³/mol. The quantitative estimate of drug-likeness (QED) is 0.742. The van der Waals surface area contributed by atoms with Gasteiger partial charge >= 0.3 is 0 Å². The van der Waals surface area contributed by atoms with Gasteiger partial charge in [0, 0.05) is 26.2 Å². The van der Waals surface area contributed by atoms with E-state index in [-0.39, 0.29) is 5.95 Å². The largest absolute Gasteiger partial charge is 0.369 e. The molecule has 3 N–H and O–H groups in total. The second kappa shape index (κ2) is 4.56. The van der Waals surface area contributed by atoms with Crippen molar-refractivity contribution in [2.45, 2.75) is 6.42 Å². The molecule has 0 atom stereocenters. The molecule has 2 aromatic rings. The number of anilines is 2. The molecule has 0 saturated carbocycles. The second-order valence-electron chi connectivity index (χ2n) is 3.33. The van der Waals surface area contributed by atoms with E-state index in [1.54, 1.807) is 18.6 Å². The van der Waals surface area contributed by atoms with E-state index in [1.165, 1.54) is 0 Å². The van der Waals surface area contributed by atoms with Gasteiger partial charge in [0.15, 0.2) is 0 Å². The van der Waals surface area contributed by atoms with E-state index in [4.69, 9.17) is 5.73 Å². The van der Waals surface area contributed by atoms with E-state index in [0.29, 0.717) is 0 Å². The molecule has 0 bridgehead atoms. The van der Waals surface area contributed by atoms with E-state index in [0.717, 1.165) is 24.6 Å². The molecule has 0 aromatic carbocycles. The van der Waals surface area contributed by atoms with Crippen molar-refractivity contribution in [1.29, 1.82) is 0 Å². The van der Waals surface area contributed by atoms with Gasteiger partial charge in [-0.25, -0.2) is 4.98 Å². The van der Waals surface area contributed by atoms with E-state index in [2.05, 4.69) is 25.5 Å². The SMILES string of the molecule is Cn1cnnc1CCNc1ccnc(N)n1. The highest BCUT2D eigenvalue weighted by atomic mass is 15.2. The summed E-state index contributed by atoms with van der Waals surface area (Å²) in [5, 5.41) is 10.9. The topological polar surface area (TPSA) is 94.5 Å². The van der Waals surface area contributed by atoms with Crippen LogP contribution in [0.3, 0.4) is 0 Å². The number of nitrogens with one attached hydrogen (secondary N) is 1. The van der Waals surface area contributed by atoms with Crippen LogP contribution in [0.4, 0.5) is 11.8 Å². The monoisotopic (exact) mass is 219 g/mol. The molecule has 7 heteroatoms. The first-order chi connectivity index (χ1) is 7.75. The first-order valence-electron chi connectivity index (χ1n) is 4.91. The maximum atomic E-state index is 5.46. The molecule has 0 unspecified atom stereocenters. The maximum absolute atomic E-state index is 5.46. The van der Waals surface area contributed by atoms with Gasteiger partial charge in [0.05, 0.1) is 0 Å². The zero-order valence-corrected chi connectivity index (χ0v) is 8.96. The lowest BCUT2D eigenvalue weighted by Gasteiger charge is -2.04. The Morgan fingerprint density at radius 2 is 2.38 bits per heavy atom. The zero-order valence-electron chi connectivity index (χ0n) is 8.96. The second-order valence-corrected chi connectivity index (χ2v) is 3.33. The van der Waals surface area contributed by atoms with Crippen molar-refractivity contribution in [3.8, 4) is 0 Å². The Morgan fingerprint density at radius 3 is 3.06 bits per heavy atom. The predicted octanol–water partition coefficient (Wildman–Crippen LogP) is -0.158. The Labute approximate surface area is 92.7 Å². The van der Waals surface area contributed by atoms with Crippen molar-refractivity contribution >= 4 is 11.8 Å². The molecule has 0 aliphatic rings. The van der Waals surface area contributed by atoms with Gasteiger partial charge in [0.2, 0.25) is 5.95 Å². The lowest BCUT2D eigenvalue weighted by molar-refractivity contribution is 0.787. The minimum atomic E-state index is 0.267. The van der Waals surface area contributed by atoms with Crippen LogP contribution in [-0.2, 0) is 13.5 Å². The van der Waals surface area contributed by atoms with Crippen LogP contribution in [0.1, 0.15) is 5.82 Å². The highest BCUT2D eigenvalue weighted by Crippen LogP contribution is 2.02. The Morgan fingerprint density at radius 1 is 1.50 bits per heavy atom. The molecule has 2 heterocycles. The molecule has 0 saturated heterocycles. The van der Waals surface area contributed by atoms with Crippen molar-refractivity contribution in [3.05, 3.63) is 24.4 Å². The summed E-state index contributed by atoms with van der Waals surface area (Å²) in [6.07, 6.45) is 4.07. The number of nitrogens with two attached hydrogens (primary N) is 1. The Kier molecular flexibility index (Phi) is 2.95. The van der Waals surface area contributed by atoms with E-state index in [1.807, 2.05) is 11.6 Å². The number of rotatable bonds is 4. The summed E-state index contributed by atoms with van der Waals surface area (Å²) in [6, 6.07) is 1.77. The smallest absolute Gasteiger partial charge is 0.221 e. The summed E-state index contributed by atoms with van der Waals surface area (Å²) in [7, 11) is 1.91. The highest BCUT2D eigenvalue weighted by molar-refractivity contribution is 5.37. The van der Waals surface area contributed by atoms with E-state index < -0.39 is 0 Å². The molecule has 0 aliphatic carbocycles. The lowest BCUT2D eigenvalue weighted by Crippen LogP contribution is -2.10. The normalized spacial score (nSPS) is 10.3. The highest BCUT2D eigenvalue weighted by Gasteiger charge is 2.00. The van der Waals surface area contributed by atoms with Crippen LogP contribution in [0.2, 0.25) is 0 Å². The maximum Gasteiger partial charge on any atom is 0.221 e. The molecule has 0 fully saturated rings. The van der Waals surface area contributed by atoms with E-state index in [9.17, 15) is 0 Å². The summed E-state index contributed by atoms with van der Waals surface area (Å²) in [5.41, 5.74) is 5.46. The molecule has 2 aromatic heterocycles. The summed E-state index contributed by atoms with van der Waals surface area (Å²) >= 11 is 0. The molecule has 2 rings (SSSR count). The van der Waals surface area contributed by atoms with Gasteiger partial charge in [-0.3, -0.25) is 0 Å². The lowest BCUT2D eigenvalue weighted by atomic mass is 10.4. The summed E-state index contributed by atoms with van der Waals surface area (Å²) in [6.45, 7) is 0.725. The number of nitrogens with zero attached hydrogens (tertiary/aromatic N) is 5. The van der Waals surface area contributed by atoms with Crippen molar-refractivity contribution in [1.82, 2.24) is 24.7 Å². The van der Waals surface area contributed by atoms with Crippen LogP contribution in [0.25, 0.3) is 0 Å². The molecule has 0 amide bonds. The van der Waals surface area contributed by atoms with Gasteiger partial charge in [0.25, 0.3) is 0 Å². The fourth-order valence-corrected chi connectivity index (χ4v) is 1.31. The Bertz CT molecular complexity index is 464. The first-order valence-corrected chi connectivity index (χ1v) is 4.91. The van der Waals surface area contributed by atoms with Gasteiger partial charge in [-0.1, -0.05) is 0 Å². The molecule has 0 radical (unpaired) electrons. The summed E-state index contributed by atoms with van der Waals surface area (Å²) in [5.74, 6) is 1.91. The number of aromatic nitrogens is 5. The molecule has 0 spiro atoms. The average molecular weight is 219 g/mol. The van der Waals surface area contributed by atoms with Crippen LogP contribution in [0.5, 0.6) is 0 Å². The number of hydrogen-bond donors (Lipinski definition) is 2. The van der Waals surface area contributed by atoms with Gasteiger partial charge in [-0.15, -0.1) is 10.2 Å². The third-order valence-corrected chi connectivity index (χ3v) is 2.13. The molecule has 16 heavy (non-hydrogen) atoms. The standard InChI is InChI=1S/C9H13N7/c1-16-6-13-15-8(16)3-5-11-7-2-4-12-9(10)14-7/h2,4,6H,3,5H2,1H3,(H3,10,11,12,14). The Hall–Kier alpha value is -2.18. The van der Waals surface area contributed by atoms with Crippen LogP contribution >= 0.6 is 0 Å². The zero-order chi connectivity index (χ0) is 11.4. The average Bonchev–Trinajstić information content (AvgIpc) is 2.65. The number of aryl methyl sites for hydroxylation is 1. The fourth-order valence-electron chi connectivity index (χ4n) is 1.31. The van der Waals surface area contributed by atoms with Crippen LogP contribution in [-0.4, -0.2) is 31.3 Å². The molecule has 0 aliphatic heterocycles. The van der Waals surface area contributed by atoms with Crippen LogP contribution in [0.15, 0.2) is 18.6 Å². The minimum Gasteiger partial charge on any atom is -0.369 e. The third kappa shape index (κ3) is 2.44. The number of hydrogen-bond acceptors (Lipinski definition) is 6. The van der Waals surface area contributed by atoms with Gasteiger partial charge in [-0.05, 0) is 6.07 Å². The summed E-state index contributed by atoms with van der Waals surface area (Å²) < 4.78 is 1.88. The van der Waals surface area contributed by atoms with Crippen molar-refractivity contribution in [3.63, 3.8) is 0 Å². The van der Waals surface area contributed by atoms with Crippen molar-refractivity contribution in [2.75, 3.05) is 17.6 Å². The van der Waals surface area contributed by atoms with E-state index >= 15 is 0 Å². The molecule has 84 valence electrons. The van der Waals surface area contributed by atoms with Crippen molar-refractivity contribution < 1.29 is 0 Å². The van der Waals surface area contributed by atoms with Crippen molar-refractivity contribution in [2.24, 2.45) is 7.05 Å². The van der Waals surface area contributed by atoms with Crippen LogP contribution in [0, 0.1) is 0 Å². The minimum absolute atomic E-state index is 0.267. The van der Waals surface area contributed by atoms with Gasteiger partial charge in [0.1, 0.15) is 18.0 Å². The fraction of sp³-hybridized carbons (Fsp3) is 0.333. The molecular formula is C9H13N7. The van der Waals surface area contributed by atoms with Gasteiger partial charge in [-0.2, -0.15) is 4.98 Å². The molecular weight excluding hydrogens is 206 g/mol. The summed E-state index contributed by atoms with van der Waals surface area (Å²) in [4.78, 5) is 7.84. The Balaban J connectivity index is 1.87. The molecule has 7 nitrogen and oxygen atoms in total. The number of nitrogen functional groups attached to an aromatic ring is 1. The first kappa shape index (κ1) is 10.3. The van der Waals surface area contributed by atoms with Crippen LogP contribution < -0.4 is 11.1 Å². The third-order valence-electron chi connectivity index (χ3n) is 2.13. The van der Waals surface area contributed by atoms with Gasteiger partial charge < -0.3 is 15.6 Å².